The number of hydrogen-bond donors (Lipinski definition) is 2. The van der Waals surface area contributed by atoms with Gasteiger partial charge in [-0.1, -0.05) is 19.1 Å². The van der Waals surface area contributed by atoms with Gasteiger partial charge in [-0.15, -0.1) is 0 Å². The van der Waals surface area contributed by atoms with Crippen LogP contribution in [0, 0.1) is 11.6 Å². The van der Waals surface area contributed by atoms with Crippen LogP contribution < -0.4 is 9.64 Å². The molecule has 3 fully saturated rings. The second-order valence-electron chi connectivity index (χ2n) is 13.0. The van der Waals surface area contributed by atoms with Crippen LogP contribution in [0.2, 0.25) is 0 Å². The molecule has 232 valence electrons. The summed E-state index contributed by atoms with van der Waals surface area (Å²) in [5.41, 5.74) is -0.401. The highest BCUT2D eigenvalue weighted by molar-refractivity contribution is 6.03. The number of alkyl halides is 1. The average molecular weight is 607 g/mol. The molecule has 4 aromatic rings. The Hall–Kier alpha value is -3.63. The van der Waals surface area contributed by atoms with Crippen molar-refractivity contribution in [1.82, 2.24) is 14.9 Å². The number of phenols is 1. The quantitative estimate of drug-likeness (QED) is 0.267. The van der Waals surface area contributed by atoms with E-state index in [-0.39, 0.29) is 29.4 Å². The van der Waals surface area contributed by atoms with Crippen LogP contribution in [-0.4, -0.2) is 75.2 Å². The zero-order chi connectivity index (χ0) is 30.8. The van der Waals surface area contributed by atoms with Gasteiger partial charge >= 0.3 is 6.01 Å². The summed E-state index contributed by atoms with van der Waals surface area (Å²) < 4.78 is 52.3. The van der Waals surface area contributed by atoms with Crippen molar-refractivity contribution in [1.29, 1.82) is 0 Å². The van der Waals surface area contributed by atoms with Gasteiger partial charge in [-0.25, -0.2) is 13.2 Å². The molecule has 2 N–H and O–H groups in total. The summed E-state index contributed by atoms with van der Waals surface area (Å²) in [5.74, 6) is -0.657. The number of aryl methyl sites for hydroxylation is 1. The van der Waals surface area contributed by atoms with Gasteiger partial charge in [-0.2, -0.15) is 9.97 Å². The van der Waals surface area contributed by atoms with Crippen molar-refractivity contribution >= 4 is 27.5 Å². The molecule has 3 aliphatic rings. The third-order valence-corrected chi connectivity index (χ3v) is 9.77. The summed E-state index contributed by atoms with van der Waals surface area (Å²) in [5, 5.41) is 23.0. The summed E-state index contributed by atoms with van der Waals surface area (Å²) in [7, 11) is 0. The van der Waals surface area contributed by atoms with Crippen molar-refractivity contribution in [3.05, 3.63) is 53.6 Å². The topological polar surface area (TPSA) is 82.0 Å². The van der Waals surface area contributed by atoms with E-state index in [2.05, 4.69) is 9.88 Å². The summed E-state index contributed by atoms with van der Waals surface area (Å²) in [6.45, 7) is 5.91. The van der Waals surface area contributed by atoms with Gasteiger partial charge in [0.25, 0.3) is 0 Å². The Kier molecular flexibility index (Phi) is 7.12. The number of phenolic OH excluding ortho intramolecular Hbond substituents is 1. The first-order valence-corrected chi connectivity index (χ1v) is 15.5. The number of fused-ring (bicyclic) bond motifs is 3. The number of β-amino-alcohol motifs (C(OH)–C–C–N with tert-alkyl or cyclic N) is 1. The number of halogens is 3. The number of benzene rings is 3. The Labute approximate surface area is 254 Å². The number of aromatic hydroxyl groups is 1. The van der Waals surface area contributed by atoms with E-state index in [1.807, 2.05) is 11.8 Å². The van der Waals surface area contributed by atoms with Crippen LogP contribution in [0.15, 0.2) is 36.4 Å². The molecule has 0 aliphatic carbocycles. The zero-order valence-electron chi connectivity index (χ0n) is 25.0. The number of rotatable bonds is 6. The number of hydrogen-bond acceptors (Lipinski definition) is 7. The Morgan fingerprint density at radius 1 is 1.05 bits per heavy atom. The predicted molar refractivity (Wildman–Crippen MR) is 164 cm³/mol. The van der Waals surface area contributed by atoms with Gasteiger partial charge in [-0.3, -0.25) is 4.90 Å². The molecule has 0 saturated carbocycles. The molecule has 0 radical (unpaired) electrons. The minimum absolute atomic E-state index is 0.0154. The molecule has 3 saturated heterocycles. The predicted octanol–water partition coefficient (Wildman–Crippen LogP) is 6.30. The van der Waals surface area contributed by atoms with Gasteiger partial charge in [0.05, 0.1) is 11.1 Å². The van der Waals surface area contributed by atoms with E-state index in [4.69, 9.17) is 9.72 Å². The molecule has 44 heavy (non-hydrogen) atoms. The Morgan fingerprint density at radius 3 is 2.66 bits per heavy atom. The van der Waals surface area contributed by atoms with Crippen molar-refractivity contribution in [3.63, 3.8) is 0 Å². The largest absolute Gasteiger partial charge is 0.508 e. The fourth-order valence-electron chi connectivity index (χ4n) is 7.75. The first kappa shape index (κ1) is 29.1. The molecule has 0 unspecified atom stereocenters. The third kappa shape index (κ3) is 4.92. The Balaban J connectivity index is 1.38. The lowest BCUT2D eigenvalue weighted by Crippen LogP contribution is -2.46. The average Bonchev–Trinajstić information content (AvgIpc) is 3.51. The van der Waals surface area contributed by atoms with Crippen LogP contribution in [0.1, 0.15) is 51.5 Å². The van der Waals surface area contributed by atoms with Gasteiger partial charge in [0.15, 0.2) is 5.82 Å². The number of aliphatic hydroxyl groups is 1. The Bertz CT molecular complexity index is 1770. The first-order chi connectivity index (χ1) is 21.1. The normalized spacial score (nSPS) is 25.7. The van der Waals surface area contributed by atoms with Crippen LogP contribution in [0.3, 0.4) is 0 Å². The fourth-order valence-corrected chi connectivity index (χ4v) is 7.75. The summed E-state index contributed by atoms with van der Waals surface area (Å²) in [6, 6.07) is 9.27. The lowest BCUT2D eigenvalue weighted by Gasteiger charge is -2.38. The van der Waals surface area contributed by atoms with E-state index in [0.717, 1.165) is 25.8 Å². The molecule has 10 heteroatoms. The summed E-state index contributed by atoms with van der Waals surface area (Å²) in [4.78, 5) is 13.4. The second-order valence-corrected chi connectivity index (χ2v) is 13.0. The number of anilines is 1. The minimum atomic E-state index is -0.945. The second kappa shape index (κ2) is 10.8. The summed E-state index contributed by atoms with van der Waals surface area (Å²) >= 11 is 0. The molecule has 3 atom stereocenters. The molecule has 1 aromatic heterocycles. The number of nitrogens with zero attached hydrogens (tertiary/aromatic N) is 4. The van der Waals surface area contributed by atoms with E-state index in [1.165, 1.54) is 12.1 Å². The maximum absolute atomic E-state index is 16.8. The van der Waals surface area contributed by atoms with Crippen LogP contribution in [0.25, 0.3) is 32.8 Å². The van der Waals surface area contributed by atoms with Crippen molar-refractivity contribution in [3.8, 4) is 22.9 Å². The molecule has 7 nitrogen and oxygen atoms in total. The molecule has 3 aliphatic heterocycles. The van der Waals surface area contributed by atoms with Gasteiger partial charge in [0.2, 0.25) is 0 Å². The molecule has 0 spiro atoms. The Morgan fingerprint density at radius 2 is 1.86 bits per heavy atom. The van der Waals surface area contributed by atoms with Crippen LogP contribution in [0.5, 0.6) is 11.8 Å². The summed E-state index contributed by atoms with van der Waals surface area (Å²) in [6.07, 6.45) is 2.97. The van der Waals surface area contributed by atoms with Crippen molar-refractivity contribution in [2.75, 3.05) is 37.7 Å². The molecular weight excluding hydrogens is 569 g/mol. The van der Waals surface area contributed by atoms with Crippen LogP contribution in [0.4, 0.5) is 19.0 Å². The van der Waals surface area contributed by atoms with E-state index in [9.17, 15) is 19.0 Å². The number of piperidine rings is 1. The fraction of sp³-hybridized carbons (Fsp3) is 0.471. The van der Waals surface area contributed by atoms with Crippen molar-refractivity contribution in [2.24, 2.45) is 0 Å². The van der Waals surface area contributed by atoms with Crippen LogP contribution in [-0.2, 0) is 6.42 Å². The van der Waals surface area contributed by atoms with E-state index in [1.54, 1.807) is 31.2 Å². The smallest absolute Gasteiger partial charge is 0.319 e. The monoisotopic (exact) mass is 606 g/mol. The van der Waals surface area contributed by atoms with Crippen LogP contribution >= 0.6 is 0 Å². The highest BCUT2D eigenvalue weighted by Crippen LogP contribution is 2.42. The first-order valence-electron chi connectivity index (χ1n) is 15.5. The number of ether oxygens (including phenoxy) is 1. The van der Waals surface area contributed by atoms with E-state index in [0.29, 0.717) is 72.0 Å². The minimum Gasteiger partial charge on any atom is -0.508 e. The highest BCUT2D eigenvalue weighted by atomic mass is 19.1. The van der Waals surface area contributed by atoms with Gasteiger partial charge in [0.1, 0.15) is 35.7 Å². The lowest BCUT2D eigenvalue weighted by atomic mass is 9.92. The molecular formula is C34H37F3N4O3. The standard InChI is InChI=1S/C34H37F3N4O3/c1-3-23-27(36)9-6-20-14-22(42)15-26(28(20)23)24-7-8-25-30(29(24)37)38-32(39-31(25)40-12-4-10-33(2,43)18-40)44-19-34-11-5-13-41(34)17-21(35)16-34/h6-9,14-15,21,42-43H,3-5,10-13,16-19H2,1-2H3/t21-,33-,34+/m1/s1. The van der Waals surface area contributed by atoms with Gasteiger partial charge in [0, 0.05) is 37.0 Å². The van der Waals surface area contributed by atoms with Gasteiger partial charge in [-0.05, 0) is 91.7 Å². The maximum Gasteiger partial charge on any atom is 0.319 e. The lowest BCUT2D eigenvalue weighted by molar-refractivity contribution is 0.0447. The van der Waals surface area contributed by atoms with E-state index < -0.39 is 28.9 Å². The number of aromatic nitrogens is 2. The zero-order valence-corrected chi connectivity index (χ0v) is 25.0. The third-order valence-electron chi connectivity index (χ3n) is 9.77. The molecule has 7 rings (SSSR count). The molecule has 3 aromatic carbocycles. The molecule has 4 heterocycles. The molecule has 0 amide bonds. The van der Waals surface area contributed by atoms with E-state index >= 15 is 4.39 Å². The van der Waals surface area contributed by atoms with Crippen molar-refractivity contribution in [2.45, 2.75) is 69.7 Å². The van der Waals surface area contributed by atoms with Crippen molar-refractivity contribution < 1.29 is 28.1 Å². The SMILES string of the molecule is CCc1c(F)ccc2cc(O)cc(-c3ccc4c(N5CCC[C@@](C)(O)C5)nc(OC[C@@]56CCCN5C[C@H](F)C6)nc4c3F)c12. The molecule has 0 bridgehead atoms. The maximum atomic E-state index is 16.8. The van der Waals surface area contributed by atoms with Gasteiger partial charge < -0.3 is 19.8 Å². The highest BCUT2D eigenvalue weighted by Gasteiger charge is 2.49.